The summed E-state index contributed by atoms with van der Waals surface area (Å²) < 4.78 is 4.70. The van der Waals surface area contributed by atoms with Gasteiger partial charge in [0.25, 0.3) is 0 Å². The van der Waals surface area contributed by atoms with Crippen molar-refractivity contribution in [2.75, 3.05) is 6.61 Å². The van der Waals surface area contributed by atoms with Crippen LogP contribution in [0.2, 0.25) is 0 Å². The molecule has 0 radical (unpaired) electrons. The number of aliphatic hydroxyl groups is 2. The Morgan fingerprint density at radius 2 is 1.50 bits per heavy atom. The van der Waals surface area contributed by atoms with Crippen LogP contribution in [0.25, 0.3) is 0 Å². The zero-order chi connectivity index (χ0) is 20.1. The molecule has 0 aromatic carbocycles. The summed E-state index contributed by atoms with van der Waals surface area (Å²) in [4.78, 5) is 23.7. The summed E-state index contributed by atoms with van der Waals surface area (Å²) in [6.07, 6.45) is 14.8. The molecule has 0 aromatic heterocycles. The number of carbonyl (C=O) groups excluding carboxylic acids is 2. The van der Waals surface area contributed by atoms with Crippen LogP contribution in [0.15, 0.2) is 11.5 Å². The Hall–Kier alpha value is -0.360. The minimum absolute atomic E-state index is 0. The molecule has 156 valence electrons. The van der Waals surface area contributed by atoms with Crippen LogP contribution in [0.3, 0.4) is 0 Å². The van der Waals surface area contributed by atoms with Gasteiger partial charge in [0.1, 0.15) is 6.61 Å². The molecule has 0 fully saturated rings. The number of ketones is 1. The second-order valence-corrected chi connectivity index (χ2v) is 7.87. The smallest absolute Gasteiger partial charge is 0.507 e. The molecule has 28 heavy (non-hydrogen) atoms. The fourth-order valence-electron chi connectivity index (χ4n) is 3.46. The number of aliphatic hydroxyl groups excluding tert-OH is 2. The van der Waals surface area contributed by atoms with Crippen LogP contribution in [0.5, 0.6) is 0 Å². The van der Waals surface area contributed by atoms with Crippen LogP contribution in [-0.4, -0.2) is 28.6 Å². The first-order valence-corrected chi connectivity index (χ1v) is 10.8. The predicted octanol–water partition coefficient (Wildman–Crippen LogP) is 2.22. The minimum atomic E-state index is -1.23. The Morgan fingerprint density at radius 1 is 1.00 bits per heavy atom. The van der Waals surface area contributed by atoms with Gasteiger partial charge in [0.05, 0.1) is 0 Å². The zero-order valence-electron chi connectivity index (χ0n) is 18.2. The van der Waals surface area contributed by atoms with Crippen molar-refractivity contribution in [1.29, 1.82) is 0 Å². The van der Waals surface area contributed by atoms with Gasteiger partial charge in [-0.15, -0.1) is 0 Å². The van der Waals surface area contributed by atoms with Gasteiger partial charge in [0.15, 0.2) is 23.2 Å². The summed E-state index contributed by atoms with van der Waals surface area (Å²) in [6, 6.07) is 0. The zero-order valence-corrected chi connectivity index (χ0v) is 20.2. The van der Waals surface area contributed by atoms with Crippen molar-refractivity contribution in [1.82, 2.24) is 0 Å². The Morgan fingerprint density at radius 3 is 1.96 bits per heavy atom. The van der Waals surface area contributed by atoms with E-state index in [1.807, 2.05) is 0 Å². The fourth-order valence-corrected chi connectivity index (χ4v) is 3.46. The van der Waals surface area contributed by atoms with Crippen LogP contribution in [0.4, 0.5) is 0 Å². The molecular formula is C22H38NaO5+. The number of unbranched alkanes of at least 4 members (excludes halogenated alkanes) is 9. The normalized spacial score (nSPS) is 17.4. The molecule has 1 aliphatic heterocycles. The maximum atomic E-state index is 12.1. The molecule has 0 aromatic rings. The van der Waals surface area contributed by atoms with E-state index in [1.165, 1.54) is 57.8 Å². The van der Waals surface area contributed by atoms with Crippen molar-refractivity contribution in [3.8, 4) is 0 Å². The van der Waals surface area contributed by atoms with Gasteiger partial charge >= 0.3 is 35.5 Å². The third-order valence-electron chi connectivity index (χ3n) is 5.55. The van der Waals surface area contributed by atoms with E-state index in [2.05, 4.69) is 13.8 Å². The van der Waals surface area contributed by atoms with Gasteiger partial charge < -0.3 is 14.9 Å². The Balaban J connectivity index is 0.00000729. The van der Waals surface area contributed by atoms with Crippen molar-refractivity contribution in [2.24, 2.45) is 11.8 Å². The number of carbonyl (C=O) groups is 2. The number of Topliss-reactive ketones (excluding diaryl/α,β-unsaturated/α-hetero) is 1. The van der Waals surface area contributed by atoms with E-state index < -0.39 is 24.3 Å². The van der Waals surface area contributed by atoms with E-state index in [9.17, 15) is 14.7 Å². The molecule has 2 atom stereocenters. The molecule has 0 saturated heterocycles. The van der Waals surface area contributed by atoms with Crippen molar-refractivity contribution in [2.45, 2.75) is 97.3 Å². The molecule has 2 N–H and O–H groups in total. The Labute approximate surface area is 192 Å². The summed E-state index contributed by atoms with van der Waals surface area (Å²) in [5.74, 6) is -2.07. The monoisotopic (exact) mass is 405 g/mol. The molecule has 0 amide bonds. The van der Waals surface area contributed by atoms with E-state index in [-0.39, 0.29) is 47.5 Å². The second-order valence-electron chi connectivity index (χ2n) is 7.87. The molecule has 0 aliphatic carbocycles. The van der Waals surface area contributed by atoms with Crippen LogP contribution in [0.1, 0.15) is 97.3 Å². The van der Waals surface area contributed by atoms with Crippen LogP contribution < -0.4 is 29.6 Å². The Bertz CT molecular complexity index is 489. The molecule has 0 spiro atoms. The van der Waals surface area contributed by atoms with Gasteiger partial charge in [-0.25, -0.2) is 0 Å². The van der Waals surface area contributed by atoms with E-state index in [0.717, 1.165) is 25.2 Å². The molecule has 6 heteroatoms. The van der Waals surface area contributed by atoms with Gasteiger partial charge in [-0.2, -0.15) is 0 Å². The van der Waals surface area contributed by atoms with Gasteiger partial charge in [0.2, 0.25) is 0 Å². The van der Waals surface area contributed by atoms with Crippen molar-refractivity contribution < 1.29 is 54.1 Å². The van der Waals surface area contributed by atoms with Crippen molar-refractivity contribution >= 4 is 11.8 Å². The molecule has 5 nitrogen and oxygen atoms in total. The molecule has 1 rings (SSSR count). The van der Waals surface area contributed by atoms with Gasteiger partial charge in [-0.05, 0) is 12.3 Å². The summed E-state index contributed by atoms with van der Waals surface area (Å²) in [7, 11) is 0. The third-order valence-corrected chi connectivity index (χ3v) is 5.55. The van der Waals surface area contributed by atoms with E-state index in [1.54, 1.807) is 0 Å². The molecular weight excluding hydrogens is 367 g/mol. The molecule has 1 aliphatic rings. The molecule has 0 saturated carbocycles. The number of ether oxygens (including phenoxy) is 1. The maximum absolute atomic E-state index is 12.1. The predicted molar refractivity (Wildman–Crippen MR) is 106 cm³/mol. The van der Waals surface area contributed by atoms with Gasteiger partial charge in [-0.3, -0.25) is 9.59 Å². The van der Waals surface area contributed by atoms with E-state index >= 15 is 0 Å². The molecule has 0 bridgehead atoms. The molecule has 1 heterocycles. The summed E-state index contributed by atoms with van der Waals surface area (Å²) in [6.45, 7) is 4.02. The SMILES string of the molecule is CCC(C)CCCCCCCCCCCCC(=O)C1C(=O)OC(CO)=C1O.[Na+]. The van der Waals surface area contributed by atoms with Crippen LogP contribution in [0, 0.1) is 11.8 Å². The third kappa shape index (κ3) is 10.4. The first kappa shape index (κ1) is 27.6. The number of hydrogen-bond donors (Lipinski definition) is 2. The number of esters is 1. The van der Waals surface area contributed by atoms with E-state index in [0.29, 0.717) is 0 Å². The summed E-state index contributed by atoms with van der Waals surface area (Å²) in [5.41, 5.74) is 0. The Kier molecular flexibility index (Phi) is 16.2. The second kappa shape index (κ2) is 16.4. The number of cyclic esters (lactones) is 1. The first-order chi connectivity index (χ1) is 13.0. The number of rotatable bonds is 16. The van der Waals surface area contributed by atoms with Gasteiger partial charge in [0, 0.05) is 6.42 Å². The fraction of sp³-hybridized carbons (Fsp3) is 0.818. The average molecular weight is 406 g/mol. The summed E-state index contributed by atoms with van der Waals surface area (Å²) in [5, 5.41) is 18.7. The quantitative estimate of drug-likeness (QED) is 0.178. The largest absolute Gasteiger partial charge is 1.00 e. The maximum Gasteiger partial charge on any atom is 1.00 e. The standard InChI is InChI=1S/C22H38O5.Na/c1-3-17(2)14-12-10-8-6-4-5-7-9-11-13-15-18(24)20-21(25)19(16-23)27-22(20)26;/h17,20,23,25H,3-16H2,1-2H3;/q;+1. The van der Waals surface area contributed by atoms with Gasteiger partial charge in [-0.1, -0.05) is 84.5 Å². The number of hydrogen-bond acceptors (Lipinski definition) is 5. The van der Waals surface area contributed by atoms with Crippen LogP contribution in [-0.2, 0) is 14.3 Å². The van der Waals surface area contributed by atoms with E-state index in [4.69, 9.17) is 9.84 Å². The van der Waals surface area contributed by atoms with Crippen molar-refractivity contribution in [3.05, 3.63) is 11.5 Å². The minimum Gasteiger partial charge on any atom is -0.507 e. The van der Waals surface area contributed by atoms with Crippen LogP contribution >= 0.6 is 0 Å². The van der Waals surface area contributed by atoms with Crippen molar-refractivity contribution in [3.63, 3.8) is 0 Å². The summed E-state index contributed by atoms with van der Waals surface area (Å²) >= 11 is 0. The first-order valence-electron chi connectivity index (χ1n) is 10.8. The topological polar surface area (TPSA) is 83.8 Å². The molecule has 2 unspecified atom stereocenters. The average Bonchev–Trinajstić information content (AvgIpc) is 2.95.